The lowest BCUT2D eigenvalue weighted by Crippen LogP contribution is -2.28. The van der Waals surface area contributed by atoms with Crippen molar-refractivity contribution in [1.29, 1.82) is 0 Å². The van der Waals surface area contributed by atoms with E-state index < -0.39 is 23.9 Å². The molecular weight excluding hydrogens is 297 g/mol. The van der Waals surface area contributed by atoms with Crippen LogP contribution in [0.15, 0.2) is 22.8 Å². The van der Waals surface area contributed by atoms with Gasteiger partial charge in [-0.2, -0.15) is 0 Å². The molecule has 1 saturated carbocycles. The Kier molecular flexibility index (Phi) is 4.37. The van der Waals surface area contributed by atoms with Crippen LogP contribution >= 0.6 is 0 Å². The van der Waals surface area contributed by atoms with E-state index in [1.54, 1.807) is 7.05 Å². The third-order valence-corrected chi connectivity index (χ3v) is 3.66. The summed E-state index contributed by atoms with van der Waals surface area (Å²) in [5.74, 6) is -0.903. The van der Waals surface area contributed by atoms with E-state index in [0.29, 0.717) is 6.54 Å². The van der Waals surface area contributed by atoms with Gasteiger partial charge in [-0.1, -0.05) is 0 Å². The number of nitrogens with zero attached hydrogens (tertiary/aromatic N) is 1. The van der Waals surface area contributed by atoms with Gasteiger partial charge in [-0.3, -0.25) is 0 Å². The summed E-state index contributed by atoms with van der Waals surface area (Å²) in [7, 11) is 7.15. The lowest BCUT2D eigenvalue weighted by molar-refractivity contribution is -0.327. The predicted octanol–water partition coefficient (Wildman–Crippen LogP) is 0.239. The Labute approximate surface area is 127 Å². The number of ether oxygens (including phenoxy) is 2. The fourth-order valence-electron chi connectivity index (χ4n) is 2.17. The first-order chi connectivity index (χ1) is 10.2. The van der Waals surface area contributed by atoms with E-state index in [4.69, 9.17) is 13.6 Å². The topological polar surface area (TPSA) is 85.0 Å². The highest BCUT2D eigenvalue weighted by Gasteiger charge is 2.48. The van der Waals surface area contributed by atoms with Gasteiger partial charge in [0.05, 0.1) is 6.10 Å². The molecule has 1 heterocycles. The molecule has 120 valence electrons. The quantitative estimate of drug-likeness (QED) is 0.558. The van der Waals surface area contributed by atoms with E-state index in [1.807, 2.05) is 0 Å². The molecule has 2 fully saturated rings. The Morgan fingerprint density at radius 3 is 2.68 bits per heavy atom. The highest BCUT2D eigenvalue weighted by Crippen LogP contribution is 2.41. The minimum atomic E-state index is -3.90. The van der Waals surface area contributed by atoms with Crippen molar-refractivity contribution in [3.05, 3.63) is 22.8 Å². The number of alkyl halides is 2. The standard InChI is InChI=1S/C13H17BF2N2O4/c1-6(20)9(14)10-11(22-13(15,16)21-10)12(17)18(2)4-7-3-8(7)5-19/h5-8,20H,3-4,17H2,1-2H3/b10-9+,12-11-. The van der Waals surface area contributed by atoms with E-state index in [1.165, 1.54) is 11.8 Å². The van der Waals surface area contributed by atoms with Crippen LogP contribution in [-0.4, -0.2) is 50.1 Å². The summed E-state index contributed by atoms with van der Waals surface area (Å²) in [6, 6.07) is 0. The number of hydrogen-bond donors (Lipinski definition) is 2. The van der Waals surface area contributed by atoms with Crippen LogP contribution in [0.25, 0.3) is 0 Å². The first-order valence-electron chi connectivity index (χ1n) is 6.76. The first kappa shape index (κ1) is 16.6. The second-order valence-electron chi connectivity index (χ2n) is 5.52. The van der Waals surface area contributed by atoms with Gasteiger partial charge in [-0.05, 0) is 24.7 Å². The fraction of sp³-hybridized carbons (Fsp3) is 0.615. The lowest BCUT2D eigenvalue weighted by atomic mass is 9.89. The highest BCUT2D eigenvalue weighted by molar-refractivity contribution is 6.22. The van der Waals surface area contributed by atoms with Gasteiger partial charge in [0, 0.05) is 19.5 Å². The number of aldehydes is 1. The maximum Gasteiger partial charge on any atom is 0.586 e. The third-order valence-electron chi connectivity index (χ3n) is 3.66. The molecule has 2 rings (SSSR count). The molecule has 22 heavy (non-hydrogen) atoms. The minimum absolute atomic E-state index is 0.0278. The second kappa shape index (κ2) is 5.79. The lowest BCUT2D eigenvalue weighted by Gasteiger charge is -2.20. The number of rotatable bonds is 5. The molecule has 0 aromatic carbocycles. The molecule has 0 spiro atoms. The summed E-state index contributed by atoms with van der Waals surface area (Å²) in [6.07, 6.45) is -3.51. The normalized spacial score (nSPS) is 31.7. The Hall–Kier alpha value is -1.77. The molecule has 3 N–H and O–H groups in total. The third kappa shape index (κ3) is 3.35. The molecule has 0 aromatic heterocycles. The number of carbonyl (C=O) groups excluding carboxylic acids is 1. The number of halogens is 2. The van der Waals surface area contributed by atoms with Crippen LogP contribution in [0.2, 0.25) is 0 Å². The van der Waals surface area contributed by atoms with Crippen LogP contribution in [0, 0.1) is 11.8 Å². The second-order valence-corrected chi connectivity index (χ2v) is 5.52. The smallest absolute Gasteiger partial charge is 0.396 e. The fourth-order valence-corrected chi connectivity index (χ4v) is 2.17. The molecule has 1 aliphatic heterocycles. The van der Waals surface area contributed by atoms with Crippen LogP contribution < -0.4 is 5.73 Å². The number of nitrogens with two attached hydrogens (primary N) is 1. The molecule has 0 bridgehead atoms. The molecular formula is C13H17BF2N2O4. The average molecular weight is 314 g/mol. The zero-order chi connectivity index (χ0) is 16.7. The Balaban J connectivity index is 2.25. The summed E-state index contributed by atoms with van der Waals surface area (Å²) in [5.41, 5.74) is 5.54. The number of aliphatic hydroxyl groups excluding tert-OH is 1. The van der Waals surface area contributed by atoms with E-state index in [-0.39, 0.29) is 23.1 Å². The van der Waals surface area contributed by atoms with Crippen molar-refractivity contribution in [3.8, 4) is 0 Å². The summed E-state index contributed by atoms with van der Waals surface area (Å²) in [6.45, 7) is 1.72. The SMILES string of the molecule is [B]/C(=C1/OC(F)(F)O/C1=C(/N)N(C)CC1CC1C=O)C(C)O. The average Bonchev–Trinajstić information content (AvgIpc) is 3.10. The first-order valence-corrected chi connectivity index (χ1v) is 6.76. The van der Waals surface area contributed by atoms with Gasteiger partial charge in [0.15, 0.2) is 5.76 Å². The Bertz CT molecular complexity index is 536. The van der Waals surface area contributed by atoms with Gasteiger partial charge in [0.2, 0.25) is 5.76 Å². The van der Waals surface area contributed by atoms with Crippen molar-refractivity contribution >= 4 is 14.1 Å². The number of hydrogen-bond acceptors (Lipinski definition) is 6. The highest BCUT2D eigenvalue weighted by atomic mass is 19.3. The predicted molar refractivity (Wildman–Crippen MR) is 73.1 cm³/mol. The van der Waals surface area contributed by atoms with Gasteiger partial charge >= 0.3 is 6.29 Å². The van der Waals surface area contributed by atoms with Gasteiger partial charge in [0.25, 0.3) is 0 Å². The molecule has 2 radical (unpaired) electrons. The molecule has 3 atom stereocenters. The Morgan fingerprint density at radius 2 is 2.18 bits per heavy atom. The monoisotopic (exact) mass is 314 g/mol. The van der Waals surface area contributed by atoms with Crippen molar-refractivity contribution in [2.75, 3.05) is 13.6 Å². The maximum absolute atomic E-state index is 13.3. The maximum atomic E-state index is 13.3. The van der Waals surface area contributed by atoms with Crippen LogP contribution in [0.3, 0.4) is 0 Å². The van der Waals surface area contributed by atoms with Crippen LogP contribution in [0.1, 0.15) is 13.3 Å². The van der Waals surface area contributed by atoms with Gasteiger partial charge in [-0.25, -0.2) is 0 Å². The molecule has 2 aliphatic rings. The van der Waals surface area contributed by atoms with Gasteiger partial charge in [0.1, 0.15) is 20.0 Å². The molecule has 0 amide bonds. The minimum Gasteiger partial charge on any atom is -0.396 e. The Morgan fingerprint density at radius 1 is 1.59 bits per heavy atom. The summed E-state index contributed by atoms with van der Waals surface area (Å²) in [5, 5.41) is 9.43. The van der Waals surface area contributed by atoms with E-state index >= 15 is 0 Å². The summed E-state index contributed by atoms with van der Waals surface area (Å²) < 4.78 is 35.4. The zero-order valence-electron chi connectivity index (χ0n) is 12.3. The summed E-state index contributed by atoms with van der Waals surface area (Å²) in [4.78, 5) is 12.1. The van der Waals surface area contributed by atoms with Gasteiger partial charge < -0.3 is 30.0 Å². The van der Waals surface area contributed by atoms with Crippen molar-refractivity contribution in [1.82, 2.24) is 4.90 Å². The molecule has 6 nitrogen and oxygen atoms in total. The zero-order valence-corrected chi connectivity index (χ0v) is 12.3. The molecule has 0 aromatic rings. The van der Waals surface area contributed by atoms with Crippen molar-refractivity contribution < 1.29 is 28.2 Å². The summed E-state index contributed by atoms with van der Waals surface area (Å²) >= 11 is 0. The largest absolute Gasteiger partial charge is 0.586 e. The van der Waals surface area contributed by atoms with Crippen LogP contribution in [0.5, 0.6) is 0 Å². The van der Waals surface area contributed by atoms with Crippen LogP contribution in [-0.2, 0) is 14.3 Å². The van der Waals surface area contributed by atoms with Crippen LogP contribution in [0.4, 0.5) is 8.78 Å². The van der Waals surface area contributed by atoms with E-state index in [2.05, 4.69) is 9.47 Å². The molecule has 3 unspecified atom stereocenters. The number of carbonyl (C=O) groups is 1. The molecule has 1 saturated heterocycles. The van der Waals surface area contributed by atoms with Crippen molar-refractivity contribution in [3.63, 3.8) is 0 Å². The molecule has 1 aliphatic carbocycles. The van der Waals surface area contributed by atoms with Crippen molar-refractivity contribution in [2.24, 2.45) is 17.6 Å². The van der Waals surface area contributed by atoms with E-state index in [0.717, 1.165) is 12.7 Å². The van der Waals surface area contributed by atoms with Gasteiger partial charge in [-0.15, -0.1) is 8.78 Å². The van der Waals surface area contributed by atoms with E-state index in [9.17, 15) is 18.7 Å². The van der Waals surface area contributed by atoms with Crippen molar-refractivity contribution in [2.45, 2.75) is 25.7 Å². The molecule has 9 heteroatoms. The number of aliphatic hydroxyl groups is 1.